The maximum atomic E-state index is 13.9. The number of anilines is 1. The van der Waals surface area contributed by atoms with Crippen LogP contribution in [0.5, 0.6) is 0 Å². The Labute approximate surface area is 175 Å². The lowest BCUT2D eigenvalue weighted by atomic mass is 9.49. The minimum Gasteiger partial charge on any atom is -0.326 e. The van der Waals surface area contributed by atoms with Gasteiger partial charge < -0.3 is 4.90 Å². The van der Waals surface area contributed by atoms with E-state index in [2.05, 4.69) is 6.58 Å². The fourth-order valence-electron chi connectivity index (χ4n) is 6.89. The summed E-state index contributed by atoms with van der Waals surface area (Å²) in [5, 5.41) is 0. The van der Waals surface area contributed by atoms with E-state index in [0.29, 0.717) is 23.4 Å². The topological polar surface area (TPSA) is 57.7 Å². The van der Waals surface area contributed by atoms with Gasteiger partial charge in [-0.2, -0.15) is 0 Å². The summed E-state index contributed by atoms with van der Waals surface area (Å²) >= 11 is 0. The molecule has 6 heteroatoms. The van der Waals surface area contributed by atoms with E-state index in [-0.39, 0.29) is 30.2 Å². The number of rotatable bonds is 5. The van der Waals surface area contributed by atoms with Crippen molar-refractivity contribution in [1.29, 1.82) is 0 Å². The van der Waals surface area contributed by atoms with Crippen molar-refractivity contribution >= 4 is 23.4 Å². The first-order valence-corrected chi connectivity index (χ1v) is 10.9. The van der Waals surface area contributed by atoms with Crippen LogP contribution in [0.2, 0.25) is 0 Å². The monoisotopic (exact) mass is 410 g/mol. The van der Waals surface area contributed by atoms with Crippen molar-refractivity contribution in [2.75, 3.05) is 11.4 Å². The number of amides is 3. The number of nitrogens with zero attached hydrogens (tertiary/aromatic N) is 2. The highest BCUT2D eigenvalue weighted by Crippen LogP contribution is 2.60. The number of hydrogen-bond donors (Lipinski definition) is 0. The molecular formula is C24H27FN2O3. The maximum absolute atomic E-state index is 13.9. The molecule has 5 nitrogen and oxygen atoms in total. The van der Waals surface area contributed by atoms with Crippen LogP contribution in [0.15, 0.2) is 36.9 Å². The van der Waals surface area contributed by atoms with E-state index in [1.54, 1.807) is 11.0 Å². The van der Waals surface area contributed by atoms with Gasteiger partial charge in [-0.3, -0.25) is 14.4 Å². The lowest BCUT2D eigenvalue weighted by Gasteiger charge is -2.56. The number of halogens is 1. The van der Waals surface area contributed by atoms with Gasteiger partial charge in [0.2, 0.25) is 11.8 Å². The predicted molar refractivity (Wildman–Crippen MR) is 110 cm³/mol. The molecule has 4 saturated carbocycles. The van der Waals surface area contributed by atoms with Crippen LogP contribution in [0.3, 0.4) is 0 Å². The summed E-state index contributed by atoms with van der Waals surface area (Å²) < 4.78 is 13.3. The van der Waals surface area contributed by atoms with Crippen molar-refractivity contribution in [3.05, 3.63) is 42.7 Å². The Balaban J connectivity index is 1.43. The van der Waals surface area contributed by atoms with Crippen molar-refractivity contribution in [3.8, 4) is 0 Å². The van der Waals surface area contributed by atoms with Gasteiger partial charge in [-0.05, 0) is 80.5 Å². The molecule has 0 radical (unpaired) electrons. The van der Waals surface area contributed by atoms with E-state index in [1.807, 2.05) is 0 Å². The Kier molecular flexibility index (Phi) is 4.56. The Morgan fingerprint density at radius 1 is 1.10 bits per heavy atom. The molecule has 4 aliphatic carbocycles. The van der Waals surface area contributed by atoms with E-state index >= 15 is 0 Å². The van der Waals surface area contributed by atoms with Crippen LogP contribution in [-0.4, -0.2) is 35.2 Å². The molecule has 6 rings (SSSR count). The summed E-state index contributed by atoms with van der Waals surface area (Å²) in [6.07, 6.45) is 8.00. The molecule has 1 heterocycles. The van der Waals surface area contributed by atoms with Crippen LogP contribution in [-0.2, 0) is 14.4 Å². The number of carbonyl (C=O) groups excluding carboxylic acids is 3. The molecule has 0 aromatic heterocycles. The average molecular weight is 410 g/mol. The van der Waals surface area contributed by atoms with Crippen LogP contribution in [0.25, 0.3) is 0 Å². The zero-order chi connectivity index (χ0) is 21.0. The molecule has 30 heavy (non-hydrogen) atoms. The average Bonchev–Trinajstić information content (AvgIpc) is 2.99. The molecule has 1 aromatic carbocycles. The summed E-state index contributed by atoms with van der Waals surface area (Å²) in [7, 11) is 0. The normalized spacial score (nSPS) is 34.5. The Morgan fingerprint density at radius 3 is 2.20 bits per heavy atom. The third-order valence-corrected chi connectivity index (χ3v) is 7.66. The highest BCUT2D eigenvalue weighted by atomic mass is 19.1. The molecule has 1 unspecified atom stereocenters. The molecule has 5 fully saturated rings. The second-order valence-electron chi connectivity index (χ2n) is 9.71. The van der Waals surface area contributed by atoms with Gasteiger partial charge in [-0.1, -0.05) is 6.08 Å². The van der Waals surface area contributed by atoms with Gasteiger partial charge >= 0.3 is 0 Å². The van der Waals surface area contributed by atoms with E-state index in [9.17, 15) is 18.8 Å². The third kappa shape index (κ3) is 2.99. The molecule has 1 atom stereocenters. The summed E-state index contributed by atoms with van der Waals surface area (Å²) in [5.74, 6) is 0.663. The lowest BCUT2D eigenvalue weighted by Crippen LogP contribution is -2.57. The zero-order valence-corrected chi connectivity index (χ0v) is 17.1. The number of carbonyl (C=O) groups is 3. The Morgan fingerprint density at radius 2 is 1.67 bits per heavy atom. The summed E-state index contributed by atoms with van der Waals surface area (Å²) in [6, 6.07) is 4.48. The van der Waals surface area contributed by atoms with E-state index in [1.165, 1.54) is 43.5 Å². The highest BCUT2D eigenvalue weighted by Gasteiger charge is 2.57. The minimum absolute atomic E-state index is 0.0219. The van der Waals surface area contributed by atoms with Gasteiger partial charge in [0.15, 0.2) is 0 Å². The van der Waals surface area contributed by atoms with Crippen molar-refractivity contribution in [3.63, 3.8) is 0 Å². The van der Waals surface area contributed by atoms with Crippen LogP contribution < -0.4 is 4.90 Å². The van der Waals surface area contributed by atoms with E-state index < -0.39 is 17.8 Å². The number of benzene rings is 1. The smallest absolute Gasteiger partial charge is 0.257 e. The van der Waals surface area contributed by atoms with Crippen molar-refractivity contribution in [1.82, 2.24) is 4.90 Å². The first-order valence-electron chi connectivity index (χ1n) is 10.9. The van der Waals surface area contributed by atoms with Crippen molar-refractivity contribution < 1.29 is 18.8 Å². The van der Waals surface area contributed by atoms with Gasteiger partial charge in [0.05, 0.1) is 17.5 Å². The summed E-state index contributed by atoms with van der Waals surface area (Å²) in [5.41, 5.74) is -0.0422. The number of imide groups is 1. The predicted octanol–water partition coefficient (Wildman–Crippen LogP) is 3.69. The molecule has 1 aromatic rings. The largest absolute Gasteiger partial charge is 0.326 e. The van der Waals surface area contributed by atoms with Crippen molar-refractivity contribution in [2.45, 2.75) is 51.0 Å². The minimum atomic E-state index is -0.818. The Bertz CT molecular complexity index is 874. The van der Waals surface area contributed by atoms with Gasteiger partial charge in [-0.25, -0.2) is 9.29 Å². The SMILES string of the molecule is C=CCN(C(=O)C12CC3CC(CC(C3)C1)C2)C1CC(=O)N(c2ccc(F)cc2)C1=O. The first-order chi connectivity index (χ1) is 14.4. The fourth-order valence-corrected chi connectivity index (χ4v) is 6.89. The maximum Gasteiger partial charge on any atom is 0.257 e. The second-order valence-corrected chi connectivity index (χ2v) is 9.71. The Hall–Kier alpha value is -2.50. The van der Waals surface area contributed by atoms with Crippen LogP contribution in [0.4, 0.5) is 10.1 Å². The third-order valence-electron chi connectivity index (χ3n) is 7.66. The van der Waals surface area contributed by atoms with Crippen LogP contribution >= 0.6 is 0 Å². The first kappa shape index (κ1) is 19.5. The van der Waals surface area contributed by atoms with Crippen LogP contribution in [0.1, 0.15) is 44.9 Å². The molecular weight excluding hydrogens is 383 g/mol. The van der Waals surface area contributed by atoms with Gasteiger partial charge in [0.1, 0.15) is 11.9 Å². The molecule has 3 amide bonds. The standard InChI is InChI=1S/C24H27FN2O3/c1-2-7-26(23(30)24-12-15-8-16(13-24)10-17(9-15)14-24)20-11-21(28)27(22(20)29)19-5-3-18(25)4-6-19/h2-6,15-17,20H,1,7-14H2. The fraction of sp³-hybridized carbons (Fsp3) is 0.542. The van der Waals surface area contributed by atoms with Gasteiger partial charge in [0, 0.05) is 6.54 Å². The summed E-state index contributed by atoms with van der Waals surface area (Å²) in [4.78, 5) is 42.5. The van der Waals surface area contributed by atoms with Crippen LogP contribution in [0, 0.1) is 29.0 Å². The molecule has 5 aliphatic rings. The molecule has 1 aliphatic heterocycles. The molecule has 0 spiro atoms. The molecule has 158 valence electrons. The highest BCUT2D eigenvalue weighted by molar-refractivity contribution is 6.23. The van der Waals surface area contributed by atoms with E-state index in [4.69, 9.17) is 0 Å². The van der Waals surface area contributed by atoms with Gasteiger partial charge in [-0.15, -0.1) is 6.58 Å². The lowest BCUT2D eigenvalue weighted by molar-refractivity contribution is -0.160. The quantitative estimate of drug-likeness (QED) is 0.550. The van der Waals surface area contributed by atoms with E-state index in [0.717, 1.165) is 24.2 Å². The second kappa shape index (κ2) is 7.03. The summed E-state index contributed by atoms with van der Waals surface area (Å²) in [6.45, 7) is 4.04. The molecule has 1 saturated heterocycles. The van der Waals surface area contributed by atoms with Crippen molar-refractivity contribution in [2.24, 2.45) is 23.2 Å². The molecule has 4 bridgehead atoms. The molecule has 0 N–H and O–H groups in total. The van der Waals surface area contributed by atoms with Gasteiger partial charge in [0.25, 0.3) is 5.91 Å². The zero-order valence-electron chi connectivity index (χ0n) is 17.1. The number of hydrogen-bond acceptors (Lipinski definition) is 3.